The van der Waals surface area contributed by atoms with Crippen LogP contribution in [-0.4, -0.2) is 17.6 Å². The van der Waals surface area contributed by atoms with Crippen LogP contribution in [0.4, 0.5) is 0 Å². The zero-order valence-corrected chi connectivity index (χ0v) is 13.6. The smallest absolute Gasteiger partial charge is 0.221 e. The Morgan fingerprint density at radius 2 is 1.57 bits per heavy atom. The first-order valence-electron chi connectivity index (χ1n) is 8.21. The summed E-state index contributed by atoms with van der Waals surface area (Å²) < 4.78 is 0. The van der Waals surface area contributed by atoms with Crippen molar-refractivity contribution >= 4 is 5.91 Å². The van der Waals surface area contributed by atoms with Crippen molar-refractivity contribution < 1.29 is 9.90 Å². The second-order valence-electron chi connectivity index (χ2n) is 5.91. The van der Waals surface area contributed by atoms with E-state index in [1.54, 1.807) is 0 Å². The number of carbonyl (C=O) groups is 1. The lowest BCUT2D eigenvalue weighted by Crippen LogP contribution is -2.29. The van der Waals surface area contributed by atoms with Gasteiger partial charge in [-0.2, -0.15) is 0 Å². The molecule has 2 aromatic carbocycles. The first kappa shape index (κ1) is 17.2. The van der Waals surface area contributed by atoms with Gasteiger partial charge in [0.1, 0.15) is 0 Å². The summed E-state index contributed by atoms with van der Waals surface area (Å²) in [5, 5.41) is 12.2. The molecule has 0 heterocycles. The van der Waals surface area contributed by atoms with Gasteiger partial charge in [-0.05, 0) is 29.9 Å². The molecule has 0 fully saturated rings. The number of benzene rings is 2. The van der Waals surface area contributed by atoms with Crippen LogP contribution in [0.3, 0.4) is 0 Å². The van der Waals surface area contributed by atoms with Crippen LogP contribution >= 0.6 is 0 Å². The molecule has 2 unspecified atom stereocenters. The molecule has 0 saturated heterocycles. The number of carbonyl (C=O) groups excluding carboxylic acids is 1. The van der Waals surface area contributed by atoms with Crippen molar-refractivity contribution in [1.29, 1.82) is 0 Å². The standard InChI is InChI=1S/C20H25NO2/c1-16(17-9-4-2-5-10-17)15-20(23)21-19(13-8-14-22)18-11-6-3-7-12-18/h2-7,9-12,16,19,22H,8,13-15H2,1H3,(H,21,23). The van der Waals surface area contributed by atoms with Gasteiger partial charge in [-0.1, -0.05) is 67.6 Å². The molecule has 23 heavy (non-hydrogen) atoms. The van der Waals surface area contributed by atoms with Crippen LogP contribution in [0.5, 0.6) is 0 Å². The van der Waals surface area contributed by atoms with Crippen LogP contribution < -0.4 is 5.32 Å². The zero-order valence-electron chi connectivity index (χ0n) is 13.6. The lowest BCUT2D eigenvalue weighted by molar-refractivity contribution is -0.122. The SMILES string of the molecule is CC(CC(=O)NC(CCCO)c1ccccc1)c1ccccc1. The maximum Gasteiger partial charge on any atom is 0.221 e. The summed E-state index contributed by atoms with van der Waals surface area (Å²) in [7, 11) is 0. The van der Waals surface area contributed by atoms with Crippen molar-refractivity contribution in [2.45, 2.75) is 38.1 Å². The quantitative estimate of drug-likeness (QED) is 0.779. The molecule has 0 spiro atoms. The molecule has 0 aliphatic rings. The molecule has 2 aromatic rings. The van der Waals surface area contributed by atoms with Crippen LogP contribution in [0.25, 0.3) is 0 Å². The molecule has 0 aromatic heterocycles. The van der Waals surface area contributed by atoms with Gasteiger partial charge in [0.05, 0.1) is 6.04 Å². The fourth-order valence-electron chi connectivity index (χ4n) is 2.73. The van der Waals surface area contributed by atoms with Crippen molar-refractivity contribution in [3.05, 3.63) is 71.8 Å². The Bertz CT molecular complexity index is 583. The molecular formula is C20H25NO2. The average Bonchev–Trinajstić information content (AvgIpc) is 2.60. The van der Waals surface area contributed by atoms with Crippen molar-refractivity contribution in [1.82, 2.24) is 5.32 Å². The van der Waals surface area contributed by atoms with Crippen molar-refractivity contribution in [3.63, 3.8) is 0 Å². The first-order chi connectivity index (χ1) is 11.2. The number of hydrogen-bond donors (Lipinski definition) is 2. The molecule has 3 heteroatoms. The molecule has 1 amide bonds. The summed E-state index contributed by atoms with van der Waals surface area (Å²) in [6.45, 7) is 2.21. The van der Waals surface area contributed by atoms with Gasteiger partial charge < -0.3 is 10.4 Å². The molecule has 0 radical (unpaired) electrons. The van der Waals surface area contributed by atoms with E-state index in [1.165, 1.54) is 5.56 Å². The maximum atomic E-state index is 12.4. The summed E-state index contributed by atoms with van der Waals surface area (Å²) in [6.07, 6.45) is 1.88. The number of aliphatic hydroxyl groups is 1. The predicted molar refractivity (Wildman–Crippen MR) is 93.1 cm³/mol. The molecule has 2 rings (SSSR count). The first-order valence-corrected chi connectivity index (χ1v) is 8.21. The van der Waals surface area contributed by atoms with E-state index >= 15 is 0 Å². The summed E-state index contributed by atoms with van der Waals surface area (Å²) in [4.78, 5) is 12.4. The Balaban J connectivity index is 1.97. The fraction of sp³-hybridized carbons (Fsp3) is 0.350. The topological polar surface area (TPSA) is 49.3 Å². The third kappa shape index (κ3) is 5.53. The minimum Gasteiger partial charge on any atom is -0.396 e. The Hall–Kier alpha value is -2.13. The lowest BCUT2D eigenvalue weighted by Gasteiger charge is -2.20. The van der Waals surface area contributed by atoms with E-state index in [2.05, 4.69) is 24.4 Å². The highest BCUT2D eigenvalue weighted by atomic mass is 16.3. The highest BCUT2D eigenvalue weighted by molar-refractivity contribution is 5.77. The van der Waals surface area contributed by atoms with Crippen molar-refractivity contribution in [3.8, 4) is 0 Å². The third-order valence-electron chi connectivity index (χ3n) is 4.05. The summed E-state index contributed by atoms with van der Waals surface area (Å²) >= 11 is 0. The minimum absolute atomic E-state index is 0.0428. The van der Waals surface area contributed by atoms with Gasteiger partial charge in [0.2, 0.25) is 5.91 Å². The Kier molecular flexibility index (Phi) is 6.82. The van der Waals surface area contributed by atoms with Gasteiger partial charge in [0.25, 0.3) is 0 Å². The lowest BCUT2D eigenvalue weighted by atomic mass is 9.96. The van der Waals surface area contributed by atoms with E-state index in [-0.39, 0.29) is 24.5 Å². The predicted octanol–water partition coefficient (Wildman–Crippen LogP) is 3.81. The minimum atomic E-state index is -0.0428. The Labute approximate surface area is 138 Å². The van der Waals surface area contributed by atoms with E-state index in [4.69, 9.17) is 5.11 Å². The normalized spacial score (nSPS) is 13.3. The monoisotopic (exact) mass is 311 g/mol. The van der Waals surface area contributed by atoms with E-state index in [0.717, 1.165) is 12.0 Å². The number of rotatable bonds is 8. The molecule has 122 valence electrons. The van der Waals surface area contributed by atoms with E-state index in [0.29, 0.717) is 12.8 Å². The van der Waals surface area contributed by atoms with Crippen LogP contribution in [-0.2, 0) is 4.79 Å². The van der Waals surface area contributed by atoms with E-state index in [9.17, 15) is 4.79 Å². The number of aliphatic hydroxyl groups excluding tert-OH is 1. The molecule has 0 bridgehead atoms. The van der Waals surface area contributed by atoms with Crippen LogP contribution in [0, 0.1) is 0 Å². The van der Waals surface area contributed by atoms with Gasteiger partial charge >= 0.3 is 0 Å². The van der Waals surface area contributed by atoms with Gasteiger partial charge in [0.15, 0.2) is 0 Å². The van der Waals surface area contributed by atoms with Gasteiger partial charge in [-0.3, -0.25) is 4.79 Å². The second kappa shape index (κ2) is 9.11. The van der Waals surface area contributed by atoms with Gasteiger partial charge in [-0.25, -0.2) is 0 Å². The van der Waals surface area contributed by atoms with E-state index < -0.39 is 0 Å². The molecule has 0 aliphatic carbocycles. The van der Waals surface area contributed by atoms with Crippen molar-refractivity contribution in [2.24, 2.45) is 0 Å². The van der Waals surface area contributed by atoms with Gasteiger partial charge in [-0.15, -0.1) is 0 Å². The molecule has 3 nitrogen and oxygen atoms in total. The number of amides is 1. The highest BCUT2D eigenvalue weighted by Crippen LogP contribution is 2.21. The fourth-order valence-corrected chi connectivity index (χ4v) is 2.73. The molecule has 2 atom stereocenters. The van der Waals surface area contributed by atoms with Crippen molar-refractivity contribution in [2.75, 3.05) is 6.61 Å². The summed E-state index contributed by atoms with van der Waals surface area (Å²) in [6, 6.07) is 20.0. The van der Waals surface area contributed by atoms with E-state index in [1.807, 2.05) is 48.5 Å². The molecule has 0 aliphatic heterocycles. The highest BCUT2D eigenvalue weighted by Gasteiger charge is 2.16. The Morgan fingerprint density at radius 3 is 2.13 bits per heavy atom. The van der Waals surface area contributed by atoms with Crippen LogP contribution in [0.15, 0.2) is 60.7 Å². The summed E-state index contributed by atoms with van der Waals surface area (Å²) in [5.74, 6) is 0.235. The third-order valence-corrected chi connectivity index (χ3v) is 4.05. The largest absolute Gasteiger partial charge is 0.396 e. The molecular weight excluding hydrogens is 286 g/mol. The number of nitrogens with one attached hydrogen (secondary N) is 1. The molecule has 2 N–H and O–H groups in total. The summed E-state index contributed by atoms with van der Waals surface area (Å²) in [5.41, 5.74) is 2.26. The maximum absolute atomic E-state index is 12.4. The van der Waals surface area contributed by atoms with Crippen LogP contribution in [0.1, 0.15) is 49.3 Å². The zero-order chi connectivity index (χ0) is 16.5. The van der Waals surface area contributed by atoms with Gasteiger partial charge in [0, 0.05) is 13.0 Å². The average molecular weight is 311 g/mol. The number of hydrogen-bond acceptors (Lipinski definition) is 2. The Morgan fingerprint density at radius 1 is 1.00 bits per heavy atom. The second-order valence-corrected chi connectivity index (χ2v) is 5.91. The van der Waals surface area contributed by atoms with Crippen LogP contribution in [0.2, 0.25) is 0 Å². The molecule has 0 saturated carbocycles.